The molecular formula is C20H23Cl3O2. The lowest BCUT2D eigenvalue weighted by Crippen LogP contribution is -2.19. The highest BCUT2D eigenvalue weighted by Crippen LogP contribution is 2.47. The Morgan fingerprint density at radius 3 is 1.52 bits per heavy atom. The number of aryl methyl sites for hydroxylation is 2. The van der Waals surface area contributed by atoms with Gasteiger partial charge in [-0.3, -0.25) is 0 Å². The number of halogens is 3. The fourth-order valence-corrected chi connectivity index (χ4v) is 3.54. The molecule has 0 spiro atoms. The van der Waals surface area contributed by atoms with Gasteiger partial charge in [0, 0.05) is 0 Å². The average molecular weight is 402 g/mol. The minimum atomic E-state index is -1.50. The molecule has 0 bridgehead atoms. The van der Waals surface area contributed by atoms with Gasteiger partial charge in [0.2, 0.25) is 3.79 Å². The van der Waals surface area contributed by atoms with E-state index in [-0.39, 0.29) is 0 Å². The maximum atomic E-state index is 6.36. The minimum Gasteiger partial charge on any atom is -0.494 e. The van der Waals surface area contributed by atoms with E-state index in [1.165, 1.54) is 0 Å². The predicted octanol–water partition coefficient (Wildman–Crippen LogP) is 6.60. The zero-order valence-electron chi connectivity index (χ0n) is 14.9. The summed E-state index contributed by atoms with van der Waals surface area (Å²) in [4.78, 5) is 0. The monoisotopic (exact) mass is 400 g/mol. The van der Waals surface area contributed by atoms with Crippen LogP contribution in [0.15, 0.2) is 36.4 Å². The van der Waals surface area contributed by atoms with Crippen molar-refractivity contribution in [3.63, 3.8) is 0 Å². The van der Waals surface area contributed by atoms with Crippen LogP contribution in [-0.4, -0.2) is 17.0 Å². The Balaban J connectivity index is 2.55. The molecule has 0 saturated heterocycles. The van der Waals surface area contributed by atoms with Gasteiger partial charge >= 0.3 is 0 Å². The summed E-state index contributed by atoms with van der Waals surface area (Å²) in [6, 6.07) is 11.8. The summed E-state index contributed by atoms with van der Waals surface area (Å²) in [6.45, 7) is 9.07. The molecular weight excluding hydrogens is 379 g/mol. The molecule has 5 heteroatoms. The van der Waals surface area contributed by atoms with E-state index in [1.54, 1.807) is 0 Å². The second kappa shape index (κ2) is 8.53. The Morgan fingerprint density at radius 2 is 1.20 bits per heavy atom. The van der Waals surface area contributed by atoms with Crippen LogP contribution in [0.3, 0.4) is 0 Å². The van der Waals surface area contributed by atoms with Gasteiger partial charge in [0.25, 0.3) is 0 Å². The van der Waals surface area contributed by atoms with Crippen LogP contribution in [-0.2, 0) is 0 Å². The predicted molar refractivity (Wildman–Crippen MR) is 107 cm³/mol. The lowest BCUT2D eigenvalue weighted by Gasteiger charge is -2.27. The van der Waals surface area contributed by atoms with Crippen molar-refractivity contribution in [2.24, 2.45) is 0 Å². The lowest BCUT2D eigenvalue weighted by molar-refractivity contribution is 0.337. The molecule has 0 fully saturated rings. The molecule has 0 amide bonds. The first kappa shape index (κ1) is 20.2. The topological polar surface area (TPSA) is 18.5 Å². The Labute approximate surface area is 165 Å². The van der Waals surface area contributed by atoms with E-state index in [4.69, 9.17) is 44.3 Å². The third-order valence-corrected chi connectivity index (χ3v) is 4.67. The summed E-state index contributed by atoms with van der Waals surface area (Å²) < 4.78 is 9.90. The number of hydrogen-bond donors (Lipinski definition) is 0. The zero-order valence-corrected chi connectivity index (χ0v) is 17.2. The van der Waals surface area contributed by atoms with Gasteiger partial charge in [0.05, 0.1) is 19.1 Å². The molecule has 2 aromatic rings. The van der Waals surface area contributed by atoms with Gasteiger partial charge in [-0.2, -0.15) is 0 Å². The number of ether oxygens (including phenoxy) is 2. The van der Waals surface area contributed by atoms with Gasteiger partial charge in [-0.15, -0.1) is 0 Å². The van der Waals surface area contributed by atoms with Gasteiger partial charge in [-0.1, -0.05) is 59.1 Å². The summed E-state index contributed by atoms with van der Waals surface area (Å²) in [7, 11) is 0. The molecule has 0 unspecified atom stereocenters. The van der Waals surface area contributed by atoms with E-state index < -0.39 is 9.71 Å². The molecule has 2 nitrogen and oxygen atoms in total. The molecule has 0 aliphatic carbocycles. The molecule has 136 valence electrons. The standard InChI is InChI=1S/C20H23Cl3O2/c1-5-24-17-11-15(9-7-13(17)3)19(20(21,22)23)16-10-8-14(4)18(12-16)25-6-2/h7-12,19H,5-6H2,1-4H3. The van der Waals surface area contributed by atoms with Crippen LogP contribution in [0.25, 0.3) is 0 Å². The molecule has 2 aromatic carbocycles. The maximum Gasteiger partial charge on any atom is 0.201 e. The van der Waals surface area contributed by atoms with Crippen molar-refractivity contribution < 1.29 is 9.47 Å². The highest BCUT2D eigenvalue weighted by Gasteiger charge is 2.36. The number of rotatable bonds is 6. The molecule has 0 N–H and O–H groups in total. The Bertz CT molecular complexity index is 668. The van der Waals surface area contributed by atoms with Crippen molar-refractivity contribution in [2.75, 3.05) is 13.2 Å². The second-order valence-corrected chi connectivity index (χ2v) is 8.26. The second-order valence-electron chi connectivity index (χ2n) is 5.89. The van der Waals surface area contributed by atoms with Gasteiger partial charge in [-0.05, 0) is 62.1 Å². The number of benzene rings is 2. The molecule has 0 aliphatic heterocycles. The van der Waals surface area contributed by atoms with E-state index in [2.05, 4.69) is 0 Å². The van der Waals surface area contributed by atoms with Crippen LogP contribution in [0.5, 0.6) is 11.5 Å². The molecule has 0 aliphatic rings. The quantitative estimate of drug-likeness (QED) is 0.507. The lowest BCUT2D eigenvalue weighted by atomic mass is 9.91. The minimum absolute atomic E-state index is 0.433. The van der Waals surface area contributed by atoms with Crippen molar-refractivity contribution in [1.29, 1.82) is 0 Å². The first-order valence-corrected chi connectivity index (χ1v) is 9.44. The van der Waals surface area contributed by atoms with Crippen LogP contribution in [0.2, 0.25) is 0 Å². The molecule has 0 atom stereocenters. The first-order chi connectivity index (χ1) is 11.8. The SMILES string of the molecule is CCOc1cc(C(c2ccc(C)c(OCC)c2)C(Cl)(Cl)Cl)ccc1C. The van der Waals surface area contributed by atoms with E-state index in [0.717, 1.165) is 33.8 Å². The molecule has 0 saturated carbocycles. The van der Waals surface area contributed by atoms with Crippen molar-refractivity contribution in [1.82, 2.24) is 0 Å². The Morgan fingerprint density at radius 1 is 0.800 bits per heavy atom. The highest BCUT2D eigenvalue weighted by atomic mass is 35.6. The average Bonchev–Trinajstić information content (AvgIpc) is 2.53. The van der Waals surface area contributed by atoms with Crippen molar-refractivity contribution in [2.45, 2.75) is 37.4 Å². The largest absolute Gasteiger partial charge is 0.494 e. The smallest absolute Gasteiger partial charge is 0.201 e. The van der Waals surface area contributed by atoms with Crippen LogP contribution < -0.4 is 9.47 Å². The van der Waals surface area contributed by atoms with Crippen molar-refractivity contribution >= 4 is 34.8 Å². The van der Waals surface area contributed by atoms with Crippen molar-refractivity contribution in [3.8, 4) is 11.5 Å². The number of hydrogen-bond acceptors (Lipinski definition) is 2. The normalized spacial score (nSPS) is 11.7. The maximum absolute atomic E-state index is 6.36. The molecule has 0 aromatic heterocycles. The summed E-state index contributed by atoms with van der Waals surface area (Å²) in [6.07, 6.45) is 0. The van der Waals surface area contributed by atoms with Gasteiger partial charge in [0.1, 0.15) is 11.5 Å². The Hall–Kier alpha value is -1.09. The molecule has 0 heterocycles. The fourth-order valence-electron chi connectivity index (χ4n) is 2.78. The third-order valence-electron chi connectivity index (χ3n) is 4.02. The Kier molecular flexibility index (Phi) is 6.90. The van der Waals surface area contributed by atoms with Crippen LogP contribution in [0.1, 0.15) is 42.0 Å². The van der Waals surface area contributed by atoms with E-state index in [9.17, 15) is 0 Å². The zero-order chi connectivity index (χ0) is 18.6. The van der Waals surface area contributed by atoms with Gasteiger partial charge < -0.3 is 9.47 Å². The van der Waals surface area contributed by atoms with Gasteiger partial charge in [0.15, 0.2) is 0 Å². The van der Waals surface area contributed by atoms with E-state index >= 15 is 0 Å². The van der Waals surface area contributed by atoms with Crippen molar-refractivity contribution in [3.05, 3.63) is 58.7 Å². The summed E-state index contributed by atoms with van der Waals surface area (Å²) >= 11 is 19.1. The van der Waals surface area contributed by atoms with Crippen LogP contribution >= 0.6 is 34.8 Å². The molecule has 2 rings (SSSR count). The fraction of sp³-hybridized carbons (Fsp3) is 0.400. The summed E-state index contributed by atoms with van der Waals surface area (Å²) in [5.74, 6) is 1.17. The number of alkyl halides is 3. The van der Waals surface area contributed by atoms with Crippen LogP contribution in [0, 0.1) is 13.8 Å². The van der Waals surface area contributed by atoms with Gasteiger partial charge in [-0.25, -0.2) is 0 Å². The third kappa shape index (κ3) is 4.97. The van der Waals surface area contributed by atoms with Crippen LogP contribution in [0.4, 0.5) is 0 Å². The molecule has 25 heavy (non-hydrogen) atoms. The highest BCUT2D eigenvalue weighted by molar-refractivity contribution is 6.68. The summed E-state index contributed by atoms with van der Waals surface area (Å²) in [5, 5.41) is 0. The van der Waals surface area contributed by atoms with E-state index in [0.29, 0.717) is 13.2 Å². The summed E-state index contributed by atoms with van der Waals surface area (Å²) in [5.41, 5.74) is 3.88. The van der Waals surface area contributed by atoms with E-state index in [1.807, 2.05) is 64.1 Å². The molecule has 0 radical (unpaired) electrons. The first-order valence-electron chi connectivity index (χ1n) is 8.31.